The number of carbonyl (C=O) groups excluding carboxylic acids is 1. The number of rotatable bonds is 8. The number of benzene rings is 2. The Balaban J connectivity index is 1.63. The van der Waals surface area contributed by atoms with E-state index in [1.54, 1.807) is 18.3 Å². The highest BCUT2D eigenvalue weighted by molar-refractivity contribution is 5.73. The average Bonchev–Trinajstić information content (AvgIpc) is 3.21. The van der Waals surface area contributed by atoms with Crippen LogP contribution in [-0.4, -0.2) is 32.3 Å². The zero-order chi connectivity index (χ0) is 19.9. The van der Waals surface area contributed by atoms with Gasteiger partial charge in [0.05, 0.1) is 33.9 Å². The number of nitrogens with zero attached hydrogens (tertiary/aromatic N) is 1. The Morgan fingerprint density at radius 3 is 2.29 bits per heavy atom. The molecule has 7 nitrogen and oxygen atoms in total. The number of methoxy groups -OCH3 is 3. The van der Waals surface area contributed by atoms with Crippen molar-refractivity contribution in [2.45, 2.75) is 13.0 Å². The molecule has 0 saturated carbocycles. The summed E-state index contributed by atoms with van der Waals surface area (Å²) in [5.74, 6) is 1.95. The third-order valence-electron chi connectivity index (χ3n) is 4.04. The highest BCUT2D eigenvalue weighted by Gasteiger charge is 2.16. The summed E-state index contributed by atoms with van der Waals surface area (Å²) in [5.41, 5.74) is 1.59. The van der Waals surface area contributed by atoms with Gasteiger partial charge in [-0.15, -0.1) is 0 Å². The second kappa shape index (κ2) is 8.94. The van der Waals surface area contributed by atoms with Crippen molar-refractivity contribution in [2.24, 2.45) is 0 Å². The van der Waals surface area contributed by atoms with Gasteiger partial charge in [0.2, 0.25) is 11.6 Å². The molecule has 0 fully saturated rings. The van der Waals surface area contributed by atoms with Gasteiger partial charge in [-0.2, -0.15) is 0 Å². The van der Waals surface area contributed by atoms with E-state index in [1.807, 2.05) is 30.3 Å². The molecule has 3 aromatic rings. The summed E-state index contributed by atoms with van der Waals surface area (Å²) in [6.45, 7) is -0.0455. The molecule has 0 saturated heterocycles. The Morgan fingerprint density at radius 2 is 1.68 bits per heavy atom. The van der Waals surface area contributed by atoms with Crippen molar-refractivity contribution in [3.8, 4) is 28.6 Å². The number of oxazole rings is 1. The molecule has 0 spiro atoms. The van der Waals surface area contributed by atoms with Gasteiger partial charge >= 0.3 is 5.97 Å². The number of carbonyl (C=O) groups is 1. The van der Waals surface area contributed by atoms with E-state index in [4.69, 9.17) is 23.4 Å². The second-order valence-corrected chi connectivity index (χ2v) is 5.86. The Kier molecular flexibility index (Phi) is 6.16. The van der Waals surface area contributed by atoms with Crippen LogP contribution < -0.4 is 14.2 Å². The van der Waals surface area contributed by atoms with Crippen LogP contribution in [-0.2, 0) is 22.6 Å². The highest BCUT2D eigenvalue weighted by atomic mass is 16.5. The maximum Gasteiger partial charge on any atom is 0.310 e. The first kappa shape index (κ1) is 19.3. The molecule has 0 aliphatic heterocycles. The number of hydrogen-bond donors (Lipinski definition) is 0. The molecular formula is C21H21NO6. The first-order valence-corrected chi connectivity index (χ1v) is 8.59. The molecule has 1 heterocycles. The smallest absolute Gasteiger partial charge is 0.310 e. The molecule has 0 radical (unpaired) electrons. The lowest BCUT2D eigenvalue weighted by Gasteiger charge is -2.13. The van der Waals surface area contributed by atoms with Gasteiger partial charge in [-0.05, 0) is 17.7 Å². The summed E-state index contributed by atoms with van der Waals surface area (Å²) in [4.78, 5) is 16.4. The van der Waals surface area contributed by atoms with Crippen molar-refractivity contribution in [3.63, 3.8) is 0 Å². The molecule has 0 bridgehead atoms. The van der Waals surface area contributed by atoms with Crippen LogP contribution in [0.25, 0.3) is 11.3 Å². The molecule has 3 rings (SSSR count). The van der Waals surface area contributed by atoms with Gasteiger partial charge in [0.15, 0.2) is 23.9 Å². The average molecular weight is 383 g/mol. The lowest BCUT2D eigenvalue weighted by atomic mass is 10.1. The summed E-state index contributed by atoms with van der Waals surface area (Å²) < 4.78 is 26.8. The van der Waals surface area contributed by atoms with Gasteiger partial charge in [-0.1, -0.05) is 30.3 Å². The fourth-order valence-electron chi connectivity index (χ4n) is 2.71. The first-order chi connectivity index (χ1) is 13.6. The molecule has 146 valence electrons. The van der Waals surface area contributed by atoms with Crippen LogP contribution >= 0.6 is 0 Å². The van der Waals surface area contributed by atoms with E-state index in [-0.39, 0.29) is 13.0 Å². The maximum atomic E-state index is 12.2. The summed E-state index contributed by atoms with van der Waals surface area (Å²) in [5, 5.41) is 0. The van der Waals surface area contributed by atoms with Crippen molar-refractivity contribution in [1.82, 2.24) is 4.98 Å². The first-order valence-electron chi connectivity index (χ1n) is 8.59. The molecule has 0 aliphatic rings. The van der Waals surface area contributed by atoms with E-state index in [2.05, 4.69) is 4.98 Å². The van der Waals surface area contributed by atoms with Crippen LogP contribution in [0.2, 0.25) is 0 Å². The predicted octanol–water partition coefficient (Wildman–Crippen LogP) is 3.65. The highest BCUT2D eigenvalue weighted by Crippen LogP contribution is 2.38. The van der Waals surface area contributed by atoms with Gasteiger partial charge in [-0.25, -0.2) is 4.98 Å². The topological polar surface area (TPSA) is 80.0 Å². The van der Waals surface area contributed by atoms with Crippen LogP contribution in [0.3, 0.4) is 0 Å². The molecule has 0 amide bonds. The third kappa shape index (κ3) is 4.43. The fraction of sp³-hybridized carbons (Fsp3) is 0.238. The molecule has 1 aromatic heterocycles. The van der Waals surface area contributed by atoms with Crippen molar-refractivity contribution in [2.75, 3.05) is 21.3 Å². The van der Waals surface area contributed by atoms with Crippen LogP contribution in [0.4, 0.5) is 0 Å². The number of ether oxygens (including phenoxy) is 4. The Bertz CT molecular complexity index is 910. The zero-order valence-electron chi connectivity index (χ0n) is 15.9. The zero-order valence-corrected chi connectivity index (χ0v) is 15.9. The van der Waals surface area contributed by atoms with E-state index >= 15 is 0 Å². The van der Waals surface area contributed by atoms with E-state index in [1.165, 1.54) is 21.3 Å². The molecule has 0 N–H and O–H groups in total. The number of esters is 1. The van der Waals surface area contributed by atoms with Gasteiger partial charge in [0.25, 0.3) is 0 Å². The van der Waals surface area contributed by atoms with Crippen LogP contribution in [0.5, 0.6) is 17.2 Å². The standard InChI is InChI=1S/C21H21NO6/c1-24-16-9-14(10-17(25-2)21(16)26-3)11-20(23)27-13-19-22-12-18(28-19)15-7-5-4-6-8-15/h4-10,12H,11,13H2,1-3H3. The minimum absolute atomic E-state index is 0.0446. The summed E-state index contributed by atoms with van der Waals surface area (Å²) in [7, 11) is 4.56. The quantitative estimate of drug-likeness (QED) is 0.549. The predicted molar refractivity (Wildman–Crippen MR) is 102 cm³/mol. The fourth-order valence-corrected chi connectivity index (χ4v) is 2.71. The van der Waals surface area contributed by atoms with Crippen molar-refractivity contribution >= 4 is 5.97 Å². The minimum atomic E-state index is -0.422. The SMILES string of the molecule is COc1cc(CC(=O)OCc2ncc(-c3ccccc3)o2)cc(OC)c1OC. The van der Waals surface area contributed by atoms with Crippen LogP contribution in [0.1, 0.15) is 11.5 Å². The Hall–Kier alpha value is -3.48. The lowest BCUT2D eigenvalue weighted by molar-refractivity contribution is -0.144. The molecule has 7 heteroatoms. The molecule has 2 aromatic carbocycles. The van der Waals surface area contributed by atoms with Crippen LogP contribution in [0, 0.1) is 0 Å². The van der Waals surface area contributed by atoms with Crippen molar-refractivity contribution in [1.29, 1.82) is 0 Å². The van der Waals surface area contributed by atoms with Crippen molar-refractivity contribution in [3.05, 3.63) is 60.1 Å². The van der Waals surface area contributed by atoms with E-state index < -0.39 is 5.97 Å². The summed E-state index contributed by atoms with van der Waals surface area (Å²) in [6, 6.07) is 13.0. The molecular weight excluding hydrogens is 362 g/mol. The summed E-state index contributed by atoms with van der Waals surface area (Å²) in [6.07, 6.45) is 1.65. The van der Waals surface area contributed by atoms with E-state index in [0.29, 0.717) is 34.5 Å². The monoisotopic (exact) mass is 383 g/mol. The van der Waals surface area contributed by atoms with Crippen LogP contribution in [0.15, 0.2) is 53.1 Å². The third-order valence-corrected chi connectivity index (χ3v) is 4.04. The molecule has 0 aliphatic carbocycles. The summed E-state index contributed by atoms with van der Waals surface area (Å²) >= 11 is 0. The minimum Gasteiger partial charge on any atom is -0.493 e. The molecule has 28 heavy (non-hydrogen) atoms. The van der Waals surface area contributed by atoms with Gasteiger partial charge in [0, 0.05) is 5.56 Å². The van der Waals surface area contributed by atoms with Gasteiger partial charge in [-0.3, -0.25) is 4.79 Å². The molecule has 0 unspecified atom stereocenters. The largest absolute Gasteiger partial charge is 0.493 e. The molecule has 0 atom stereocenters. The maximum absolute atomic E-state index is 12.2. The Labute approximate surface area is 162 Å². The normalized spacial score (nSPS) is 10.4. The van der Waals surface area contributed by atoms with E-state index in [0.717, 1.165) is 5.56 Å². The number of hydrogen-bond acceptors (Lipinski definition) is 7. The lowest BCUT2D eigenvalue weighted by Crippen LogP contribution is -2.09. The Morgan fingerprint density at radius 1 is 1.00 bits per heavy atom. The van der Waals surface area contributed by atoms with Gasteiger partial charge in [0.1, 0.15) is 0 Å². The number of aromatic nitrogens is 1. The van der Waals surface area contributed by atoms with Gasteiger partial charge < -0.3 is 23.4 Å². The second-order valence-electron chi connectivity index (χ2n) is 5.86. The van der Waals surface area contributed by atoms with Crippen molar-refractivity contribution < 1.29 is 28.2 Å². The van der Waals surface area contributed by atoms with E-state index in [9.17, 15) is 4.79 Å².